The largest absolute Gasteiger partial charge is 0.439 e. The average molecular weight is 483 g/mol. The third-order valence-corrected chi connectivity index (χ3v) is 6.80. The number of fused-ring (bicyclic) bond motifs is 1. The fourth-order valence-corrected chi connectivity index (χ4v) is 5.07. The summed E-state index contributed by atoms with van der Waals surface area (Å²) in [6.07, 6.45) is 3.21. The van der Waals surface area contributed by atoms with E-state index in [4.69, 9.17) is 10.5 Å². The van der Waals surface area contributed by atoms with Gasteiger partial charge in [-0.05, 0) is 50.5 Å². The van der Waals surface area contributed by atoms with Gasteiger partial charge in [-0.25, -0.2) is 15.0 Å². The first-order valence-electron chi connectivity index (χ1n) is 12.1. The summed E-state index contributed by atoms with van der Waals surface area (Å²) in [5.41, 5.74) is 11.9. The van der Waals surface area contributed by atoms with Gasteiger partial charge in [0.15, 0.2) is 0 Å². The molecule has 1 saturated heterocycles. The van der Waals surface area contributed by atoms with E-state index in [9.17, 15) is 4.79 Å². The second-order valence-corrected chi connectivity index (χ2v) is 9.37. The minimum atomic E-state index is 0.0273. The van der Waals surface area contributed by atoms with E-state index >= 15 is 0 Å². The Morgan fingerprint density at radius 3 is 2.50 bits per heavy atom. The zero-order valence-electron chi connectivity index (χ0n) is 20.9. The number of hydrogen-bond donors (Lipinski definition) is 1. The minimum Gasteiger partial charge on any atom is -0.439 e. The number of aromatic nitrogens is 4. The number of anilines is 1. The van der Waals surface area contributed by atoms with Crippen LogP contribution < -0.4 is 10.5 Å². The lowest BCUT2D eigenvalue weighted by atomic mass is 9.88. The van der Waals surface area contributed by atoms with Gasteiger partial charge in [-0.15, -0.1) is 0 Å². The zero-order chi connectivity index (χ0) is 25.4. The molecule has 2 N–H and O–H groups in total. The van der Waals surface area contributed by atoms with Crippen molar-refractivity contribution in [2.75, 3.05) is 18.8 Å². The van der Waals surface area contributed by atoms with Crippen LogP contribution in [0.5, 0.6) is 11.6 Å². The Balaban J connectivity index is 1.51. The maximum Gasteiger partial charge on any atom is 0.248 e. The van der Waals surface area contributed by atoms with E-state index in [0.29, 0.717) is 36.1 Å². The van der Waals surface area contributed by atoms with Crippen molar-refractivity contribution < 1.29 is 9.53 Å². The Morgan fingerprint density at radius 2 is 1.83 bits per heavy atom. The molecule has 1 aliphatic heterocycles. The van der Waals surface area contributed by atoms with Crippen molar-refractivity contribution in [3.63, 3.8) is 0 Å². The van der Waals surface area contributed by atoms with Gasteiger partial charge in [0.05, 0.1) is 5.39 Å². The fraction of sp³-hybridized carbons (Fsp3) is 0.286. The standard InChI is InChI=1S/C28H30N6O2/c1-17(2)28(35)34-14-12-20(13-15-34)25-23(24-26(29)30-16-31-27(24)33(25)4)19-8-10-21(11-9-19)36-22-7-5-6-18(3)32-22/h5-11,16,20H,1,12-15H2,2-4H3,(H2,29,30,31). The Morgan fingerprint density at radius 1 is 1.11 bits per heavy atom. The molecule has 1 amide bonds. The molecule has 0 saturated carbocycles. The van der Waals surface area contributed by atoms with Gasteiger partial charge in [0.1, 0.15) is 23.5 Å². The molecule has 5 rings (SSSR count). The van der Waals surface area contributed by atoms with E-state index < -0.39 is 0 Å². The first kappa shape index (κ1) is 23.5. The zero-order valence-corrected chi connectivity index (χ0v) is 20.9. The molecule has 8 nitrogen and oxygen atoms in total. The van der Waals surface area contributed by atoms with Gasteiger partial charge in [-0.1, -0.05) is 24.8 Å². The van der Waals surface area contributed by atoms with Crippen LogP contribution in [-0.4, -0.2) is 43.4 Å². The average Bonchev–Trinajstić information content (AvgIpc) is 3.17. The third kappa shape index (κ3) is 4.30. The molecule has 36 heavy (non-hydrogen) atoms. The summed E-state index contributed by atoms with van der Waals surface area (Å²) in [6, 6.07) is 13.7. The van der Waals surface area contributed by atoms with E-state index in [2.05, 4.69) is 26.1 Å². The molecular weight excluding hydrogens is 452 g/mol. The fourth-order valence-electron chi connectivity index (χ4n) is 5.07. The number of ether oxygens (including phenoxy) is 1. The van der Waals surface area contributed by atoms with Gasteiger partial charge >= 0.3 is 0 Å². The van der Waals surface area contributed by atoms with Crippen molar-refractivity contribution in [1.82, 2.24) is 24.4 Å². The predicted octanol–water partition coefficient (Wildman–Crippen LogP) is 5.00. The lowest BCUT2D eigenvalue weighted by molar-refractivity contribution is -0.128. The molecule has 0 bridgehead atoms. The Bertz CT molecular complexity index is 1450. The summed E-state index contributed by atoms with van der Waals surface area (Å²) in [5, 5.41) is 0.851. The van der Waals surface area contributed by atoms with Crippen LogP contribution in [0.4, 0.5) is 5.82 Å². The van der Waals surface area contributed by atoms with E-state index in [-0.39, 0.29) is 11.8 Å². The molecule has 0 radical (unpaired) electrons. The Labute approximate surface area is 210 Å². The third-order valence-electron chi connectivity index (χ3n) is 6.80. The van der Waals surface area contributed by atoms with Crippen molar-refractivity contribution >= 4 is 22.8 Å². The number of rotatable bonds is 5. The monoisotopic (exact) mass is 482 g/mol. The summed E-state index contributed by atoms with van der Waals surface area (Å²) in [4.78, 5) is 27.6. The van der Waals surface area contributed by atoms with Crippen molar-refractivity contribution in [3.05, 3.63) is 72.3 Å². The normalized spacial score (nSPS) is 14.2. The van der Waals surface area contributed by atoms with E-state index in [0.717, 1.165) is 46.4 Å². The van der Waals surface area contributed by atoms with Gasteiger partial charge in [0.25, 0.3) is 0 Å². The van der Waals surface area contributed by atoms with Crippen LogP contribution in [0.25, 0.3) is 22.2 Å². The van der Waals surface area contributed by atoms with Crippen LogP contribution in [0.1, 0.15) is 37.1 Å². The highest BCUT2D eigenvalue weighted by Crippen LogP contribution is 2.43. The number of nitrogens with zero attached hydrogens (tertiary/aromatic N) is 5. The molecule has 3 aromatic heterocycles. The lowest BCUT2D eigenvalue weighted by Gasteiger charge is -2.33. The molecule has 0 spiro atoms. The molecule has 0 aliphatic carbocycles. The van der Waals surface area contributed by atoms with Gasteiger partial charge in [0, 0.05) is 54.6 Å². The molecule has 1 fully saturated rings. The van der Waals surface area contributed by atoms with Crippen LogP contribution in [0.15, 0.2) is 60.9 Å². The van der Waals surface area contributed by atoms with Gasteiger partial charge in [-0.3, -0.25) is 4.79 Å². The quantitative estimate of drug-likeness (QED) is 0.402. The van der Waals surface area contributed by atoms with Crippen molar-refractivity contribution in [2.45, 2.75) is 32.6 Å². The SMILES string of the molecule is C=C(C)C(=O)N1CCC(c2c(-c3ccc(Oc4cccc(C)n4)cc3)c3c(N)ncnc3n2C)CC1. The Kier molecular flexibility index (Phi) is 6.18. The van der Waals surface area contributed by atoms with Crippen LogP contribution in [0.2, 0.25) is 0 Å². The number of aryl methyl sites for hydroxylation is 2. The lowest BCUT2D eigenvalue weighted by Crippen LogP contribution is -2.38. The number of hydrogen-bond acceptors (Lipinski definition) is 6. The number of nitrogen functional groups attached to an aromatic ring is 1. The van der Waals surface area contributed by atoms with Crippen LogP contribution in [0, 0.1) is 6.92 Å². The topological polar surface area (TPSA) is 99.2 Å². The second-order valence-electron chi connectivity index (χ2n) is 9.37. The molecule has 1 aromatic carbocycles. The Hall–Kier alpha value is -4.20. The molecular formula is C28H30N6O2. The summed E-state index contributed by atoms with van der Waals surface area (Å²) in [7, 11) is 2.03. The summed E-state index contributed by atoms with van der Waals surface area (Å²) in [5.74, 6) is 1.99. The molecule has 0 atom stereocenters. The number of benzene rings is 1. The maximum absolute atomic E-state index is 12.4. The molecule has 1 aliphatic rings. The molecule has 4 aromatic rings. The number of piperidine rings is 1. The van der Waals surface area contributed by atoms with Gasteiger partial charge in [0.2, 0.25) is 11.8 Å². The van der Waals surface area contributed by atoms with E-state index in [1.807, 2.05) is 61.3 Å². The highest BCUT2D eigenvalue weighted by atomic mass is 16.5. The highest BCUT2D eigenvalue weighted by molar-refractivity contribution is 6.02. The molecule has 4 heterocycles. The number of carbonyl (C=O) groups is 1. The second kappa shape index (κ2) is 9.45. The van der Waals surface area contributed by atoms with Crippen molar-refractivity contribution in [2.24, 2.45) is 7.05 Å². The minimum absolute atomic E-state index is 0.0273. The molecule has 8 heteroatoms. The highest BCUT2D eigenvalue weighted by Gasteiger charge is 2.30. The summed E-state index contributed by atoms with van der Waals surface area (Å²) < 4.78 is 8.09. The van der Waals surface area contributed by atoms with Crippen molar-refractivity contribution in [1.29, 1.82) is 0 Å². The van der Waals surface area contributed by atoms with Crippen LogP contribution in [-0.2, 0) is 11.8 Å². The van der Waals surface area contributed by atoms with E-state index in [1.165, 1.54) is 6.33 Å². The number of pyridine rings is 1. The number of likely N-dealkylation sites (tertiary alicyclic amines) is 1. The van der Waals surface area contributed by atoms with Crippen LogP contribution in [0.3, 0.4) is 0 Å². The number of nitrogens with two attached hydrogens (primary N) is 1. The smallest absolute Gasteiger partial charge is 0.248 e. The summed E-state index contributed by atoms with van der Waals surface area (Å²) >= 11 is 0. The number of carbonyl (C=O) groups excluding carboxylic acids is 1. The van der Waals surface area contributed by atoms with Gasteiger partial charge in [-0.2, -0.15) is 0 Å². The summed E-state index contributed by atoms with van der Waals surface area (Å²) in [6.45, 7) is 8.89. The molecule has 184 valence electrons. The van der Waals surface area contributed by atoms with Crippen LogP contribution >= 0.6 is 0 Å². The number of amides is 1. The predicted molar refractivity (Wildman–Crippen MR) is 141 cm³/mol. The molecule has 0 unspecified atom stereocenters. The first-order chi connectivity index (χ1) is 17.3. The maximum atomic E-state index is 12.4. The van der Waals surface area contributed by atoms with Crippen molar-refractivity contribution in [3.8, 4) is 22.8 Å². The van der Waals surface area contributed by atoms with Gasteiger partial charge < -0.3 is 19.9 Å². The first-order valence-corrected chi connectivity index (χ1v) is 12.1. The van der Waals surface area contributed by atoms with E-state index in [1.54, 1.807) is 6.92 Å².